The van der Waals surface area contributed by atoms with Gasteiger partial charge in [-0.2, -0.15) is 0 Å². The molecule has 0 fully saturated rings. The molecule has 0 aromatic heterocycles. The number of aliphatic carboxylic acids is 1. The van der Waals surface area contributed by atoms with Gasteiger partial charge in [-0.15, -0.1) is 0 Å². The Morgan fingerprint density at radius 2 is 2.08 bits per heavy atom. The molecule has 0 saturated heterocycles. The third-order valence-electron chi connectivity index (χ3n) is 0.823. The van der Waals surface area contributed by atoms with Gasteiger partial charge in [0.1, 0.15) is 6.61 Å². The molecule has 0 bridgehead atoms. The lowest BCUT2D eigenvalue weighted by molar-refractivity contribution is -0.137. The van der Waals surface area contributed by atoms with Gasteiger partial charge in [-0.3, -0.25) is 0 Å². The van der Waals surface area contributed by atoms with Crippen LogP contribution in [-0.2, 0) is 14.3 Å². The molecular formula is C8H10O4. The number of hydrogen-bond donors (Lipinski definition) is 1. The van der Waals surface area contributed by atoms with Crippen molar-refractivity contribution in [3.63, 3.8) is 0 Å². The van der Waals surface area contributed by atoms with Crippen molar-refractivity contribution in [2.45, 2.75) is 6.92 Å². The summed E-state index contributed by atoms with van der Waals surface area (Å²) in [6.07, 6.45) is 1.58. The van der Waals surface area contributed by atoms with Crippen LogP contribution in [0.1, 0.15) is 6.92 Å². The summed E-state index contributed by atoms with van der Waals surface area (Å²) in [4.78, 5) is 20.6. The molecule has 0 spiro atoms. The largest absolute Gasteiger partial charge is 0.478 e. The SMILES string of the molecule is C=C(C)COC(=O)/C=C\C(=O)O. The van der Waals surface area contributed by atoms with E-state index in [1.807, 2.05) is 0 Å². The van der Waals surface area contributed by atoms with Gasteiger partial charge >= 0.3 is 11.9 Å². The van der Waals surface area contributed by atoms with Gasteiger partial charge in [-0.05, 0) is 12.5 Å². The third kappa shape index (κ3) is 6.54. The van der Waals surface area contributed by atoms with Gasteiger partial charge in [0.05, 0.1) is 0 Å². The van der Waals surface area contributed by atoms with E-state index >= 15 is 0 Å². The minimum atomic E-state index is -1.18. The zero-order chi connectivity index (χ0) is 9.56. The topological polar surface area (TPSA) is 63.6 Å². The minimum absolute atomic E-state index is 0.114. The Hall–Kier alpha value is -1.58. The van der Waals surface area contributed by atoms with E-state index < -0.39 is 11.9 Å². The van der Waals surface area contributed by atoms with Crippen LogP contribution >= 0.6 is 0 Å². The van der Waals surface area contributed by atoms with Crippen LogP contribution in [0, 0.1) is 0 Å². The van der Waals surface area contributed by atoms with Crippen molar-refractivity contribution in [2.24, 2.45) is 0 Å². The van der Waals surface area contributed by atoms with E-state index in [-0.39, 0.29) is 6.61 Å². The van der Waals surface area contributed by atoms with Crippen LogP contribution < -0.4 is 0 Å². The van der Waals surface area contributed by atoms with Crippen molar-refractivity contribution >= 4 is 11.9 Å². The van der Waals surface area contributed by atoms with Crippen molar-refractivity contribution in [2.75, 3.05) is 6.61 Å². The molecule has 66 valence electrons. The van der Waals surface area contributed by atoms with Gasteiger partial charge < -0.3 is 9.84 Å². The molecule has 0 aromatic rings. The van der Waals surface area contributed by atoms with Crippen molar-refractivity contribution in [1.29, 1.82) is 0 Å². The normalized spacial score (nSPS) is 9.75. The number of hydrogen-bond acceptors (Lipinski definition) is 3. The Morgan fingerprint density at radius 1 is 1.50 bits per heavy atom. The molecule has 0 unspecified atom stereocenters. The first kappa shape index (κ1) is 10.4. The van der Waals surface area contributed by atoms with Crippen molar-refractivity contribution in [1.82, 2.24) is 0 Å². The molecule has 0 aliphatic rings. The summed E-state index contributed by atoms with van der Waals surface area (Å²) in [7, 11) is 0. The zero-order valence-electron chi connectivity index (χ0n) is 6.74. The van der Waals surface area contributed by atoms with Crippen LogP contribution in [0.15, 0.2) is 24.3 Å². The summed E-state index contributed by atoms with van der Waals surface area (Å²) in [5, 5.41) is 8.13. The van der Waals surface area contributed by atoms with Gasteiger partial charge in [0.25, 0.3) is 0 Å². The second-order valence-electron chi connectivity index (χ2n) is 2.24. The van der Waals surface area contributed by atoms with Gasteiger partial charge in [0, 0.05) is 12.2 Å². The van der Waals surface area contributed by atoms with Crippen molar-refractivity contribution < 1.29 is 19.4 Å². The molecule has 4 nitrogen and oxygen atoms in total. The first-order valence-electron chi connectivity index (χ1n) is 3.24. The fourth-order valence-corrected chi connectivity index (χ4v) is 0.382. The Labute approximate surface area is 70.1 Å². The van der Waals surface area contributed by atoms with Crippen LogP contribution in [-0.4, -0.2) is 23.7 Å². The second kappa shape index (κ2) is 5.12. The predicted octanol–water partition coefficient (Wildman–Crippen LogP) is 0.746. The molecule has 0 amide bonds. The number of carboxylic acids is 1. The number of carbonyl (C=O) groups is 2. The van der Waals surface area contributed by atoms with Crippen LogP contribution in [0.3, 0.4) is 0 Å². The molecule has 1 N–H and O–H groups in total. The average Bonchev–Trinajstić information content (AvgIpc) is 1.96. The summed E-state index contributed by atoms with van der Waals surface area (Å²) in [5.41, 5.74) is 0.701. The van der Waals surface area contributed by atoms with Crippen LogP contribution in [0.2, 0.25) is 0 Å². The minimum Gasteiger partial charge on any atom is -0.478 e. The predicted molar refractivity (Wildman–Crippen MR) is 42.5 cm³/mol. The quantitative estimate of drug-likeness (QED) is 0.384. The van der Waals surface area contributed by atoms with E-state index in [1.165, 1.54) is 0 Å². The Balaban J connectivity index is 3.75. The van der Waals surface area contributed by atoms with Crippen molar-refractivity contribution in [3.05, 3.63) is 24.3 Å². The zero-order valence-corrected chi connectivity index (χ0v) is 6.74. The molecule has 0 aromatic carbocycles. The summed E-state index contributed by atoms with van der Waals surface area (Å²) in [5.74, 6) is -1.86. The van der Waals surface area contributed by atoms with Gasteiger partial charge in [0.2, 0.25) is 0 Å². The fraction of sp³-hybridized carbons (Fsp3) is 0.250. The number of rotatable bonds is 4. The molecule has 4 heteroatoms. The molecule has 0 aliphatic carbocycles. The summed E-state index contributed by atoms with van der Waals surface area (Å²) < 4.78 is 4.57. The molecule has 0 heterocycles. The molecule has 0 radical (unpaired) electrons. The maximum Gasteiger partial charge on any atom is 0.331 e. The summed E-state index contributed by atoms with van der Waals surface area (Å²) in [6.45, 7) is 5.32. The van der Waals surface area contributed by atoms with E-state index in [2.05, 4.69) is 11.3 Å². The Kier molecular flexibility index (Phi) is 4.45. The highest BCUT2D eigenvalue weighted by Gasteiger charge is 1.97. The molecule has 0 atom stereocenters. The molecule has 0 saturated carbocycles. The van der Waals surface area contributed by atoms with E-state index in [0.29, 0.717) is 5.57 Å². The summed E-state index contributed by atoms with van der Waals surface area (Å²) >= 11 is 0. The van der Waals surface area contributed by atoms with E-state index in [1.54, 1.807) is 6.92 Å². The van der Waals surface area contributed by atoms with Gasteiger partial charge in [0.15, 0.2) is 0 Å². The third-order valence-corrected chi connectivity index (χ3v) is 0.823. The number of ether oxygens (including phenoxy) is 1. The monoisotopic (exact) mass is 170 g/mol. The van der Waals surface area contributed by atoms with Crippen LogP contribution in [0.5, 0.6) is 0 Å². The lowest BCUT2D eigenvalue weighted by Gasteiger charge is -1.98. The Morgan fingerprint density at radius 3 is 2.50 bits per heavy atom. The standard InChI is InChI=1S/C8H10O4/c1-6(2)5-12-8(11)4-3-7(9)10/h3-4H,1,5H2,2H3,(H,9,10)/b4-3-. The Bertz CT molecular complexity index is 227. The summed E-state index contributed by atoms with van der Waals surface area (Å²) in [6, 6.07) is 0. The first-order chi connectivity index (χ1) is 5.52. The van der Waals surface area contributed by atoms with Gasteiger partial charge in [-0.1, -0.05) is 6.58 Å². The smallest absolute Gasteiger partial charge is 0.331 e. The highest BCUT2D eigenvalue weighted by molar-refractivity contribution is 5.90. The maximum atomic E-state index is 10.6. The lowest BCUT2D eigenvalue weighted by Crippen LogP contribution is -2.03. The van der Waals surface area contributed by atoms with Crippen molar-refractivity contribution in [3.8, 4) is 0 Å². The molecule has 0 rings (SSSR count). The van der Waals surface area contributed by atoms with Gasteiger partial charge in [-0.25, -0.2) is 9.59 Å². The first-order valence-corrected chi connectivity index (χ1v) is 3.24. The maximum absolute atomic E-state index is 10.6. The van der Waals surface area contributed by atoms with E-state index in [9.17, 15) is 9.59 Å². The second-order valence-corrected chi connectivity index (χ2v) is 2.24. The van der Waals surface area contributed by atoms with Crippen LogP contribution in [0.4, 0.5) is 0 Å². The highest BCUT2D eigenvalue weighted by atomic mass is 16.5. The fourth-order valence-electron chi connectivity index (χ4n) is 0.382. The highest BCUT2D eigenvalue weighted by Crippen LogP contribution is 1.89. The number of carbonyl (C=O) groups excluding carboxylic acids is 1. The number of esters is 1. The van der Waals surface area contributed by atoms with E-state index in [4.69, 9.17) is 5.11 Å². The number of carboxylic acid groups (broad SMARTS) is 1. The lowest BCUT2D eigenvalue weighted by atomic mass is 10.4. The average molecular weight is 170 g/mol. The van der Waals surface area contributed by atoms with Crippen LogP contribution in [0.25, 0.3) is 0 Å². The molecule has 0 aliphatic heterocycles. The van der Waals surface area contributed by atoms with E-state index in [0.717, 1.165) is 12.2 Å². The molecular weight excluding hydrogens is 160 g/mol. The molecule has 12 heavy (non-hydrogen) atoms.